The van der Waals surface area contributed by atoms with Gasteiger partial charge in [-0.1, -0.05) is 0 Å². The predicted molar refractivity (Wildman–Crippen MR) is 66.3 cm³/mol. The molecule has 0 aliphatic carbocycles. The van der Waals surface area contributed by atoms with Crippen molar-refractivity contribution in [3.8, 4) is 0 Å². The second-order valence-electron chi connectivity index (χ2n) is 3.60. The maximum atomic E-state index is 10.7. The Hall–Kier alpha value is -1.20. The SMILES string of the molecule is O=S(=O)([O-])C(F)(F)F.O=S(=O)([O-])C(F)(F)F.O=S(=O)([O-])C(F)(F)F.O=S(=O)([O-])C(F)(F)F.[C+4]. The zero-order valence-corrected chi connectivity index (χ0v) is 16.8. The van der Waals surface area contributed by atoms with Crippen molar-refractivity contribution in [2.45, 2.75) is 22.0 Å². The Balaban J connectivity index is -0.000000105. The van der Waals surface area contributed by atoms with E-state index in [2.05, 4.69) is 0 Å². The standard InChI is InChI=1S/4CHF3O3S.C/c4*2-1(3,4)8(5,6)7;/h4*(H,5,6,7);/q;;;;+4/p-4. The number of rotatable bonds is 0. The number of hydrogen-bond acceptors (Lipinski definition) is 12. The van der Waals surface area contributed by atoms with E-state index in [1.165, 1.54) is 0 Å². The van der Waals surface area contributed by atoms with Gasteiger partial charge in [0.2, 0.25) is 0 Å². The first-order chi connectivity index (χ1) is 13.0. The summed E-state index contributed by atoms with van der Waals surface area (Å²) in [6.07, 6.45) is 0. The molecule has 0 heterocycles. The quantitative estimate of drug-likeness (QED) is 0.205. The van der Waals surface area contributed by atoms with E-state index in [9.17, 15) is 52.7 Å². The fourth-order valence-electron chi connectivity index (χ4n) is 0. The zero-order valence-electron chi connectivity index (χ0n) is 13.6. The smallest absolute Gasteiger partial charge is 0.741 e. The van der Waals surface area contributed by atoms with Crippen molar-refractivity contribution in [2.75, 3.05) is 0 Å². The minimum atomic E-state index is -6.09. The van der Waals surface area contributed by atoms with E-state index >= 15 is 0 Å². The molecule has 0 rings (SSSR count). The molecule has 0 aromatic rings. The van der Waals surface area contributed by atoms with E-state index in [1.54, 1.807) is 0 Å². The van der Waals surface area contributed by atoms with Crippen LogP contribution in [-0.2, 0) is 40.5 Å². The molecular formula is C5F12O12S4. The third-order valence-corrected chi connectivity index (χ3v) is 3.40. The summed E-state index contributed by atoms with van der Waals surface area (Å²) in [6, 6.07) is 0. The summed E-state index contributed by atoms with van der Waals surface area (Å²) in [4.78, 5) is 0. The molecule has 0 saturated carbocycles. The number of halogens is 12. The van der Waals surface area contributed by atoms with Crippen LogP contribution in [-0.4, -0.2) is 73.9 Å². The number of alkyl halides is 12. The molecule has 0 fully saturated rings. The van der Waals surface area contributed by atoms with Crippen molar-refractivity contribution in [3.05, 3.63) is 7.43 Å². The molecule has 0 N–H and O–H groups in total. The summed E-state index contributed by atoms with van der Waals surface area (Å²) >= 11 is 0. The summed E-state index contributed by atoms with van der Waals surface area (Å²) in [6.45, 7) is 0. The van der Waals surface area contributed by atoms with Crippen LogP contribution in [0.2, 0.25) is 0 Å². The second kappa shape index (κ2) is 12.5. The Morgan fingerprint density at radius 3 is 0.364 bits per heavy atom. The van der Waals surface area contributed by atoms with Crippen LogP contribution < -0.4 is 0 Å². The van der Waals surface area contributed by atoms with Gasteiger partial charge in [0, 0.05) is 0 Å². The zero-order chi connectivity index (χ0) is 28.0. The van der Waals surface area contributed by atoms with Gasteiger partial charge in [0.25, 0.3) is 0 Å². The Bertz CT molecular complexity index is 825. The monoisotopic (exact) mass is 608 g/mol. The van der Waals surface area contributed by atoms with Crippen LogP contribution >= 0.6 is 0 Å². The van der Waals surface area contributed by atoms with Gasteiger partial charge in [-0.3, -0.25) is 0 Å². The second-order valence-corrected chi connectivity index (χ2v) is 9.08. The average Bonchev–Trinajstić information content (AvgIpc) is 2.30. The maximum absolute atomic E-state index is 10.7. The molecule has 0 atom stereocenters. The van der Waals surface area contributed by atoms with Crippen LogP contribution in [0, 0.1) is 7.43 Å². The van der Waals surface area contributed by atoms with E-state index in [1.807, 2.05) is 0 Å². The van der Waals surface area contributed by atoms with E-state index in [-0.39, 0.29) is 7.43 Å². The molecule has 0 aliphatic heterocycles. The molecule has 0 unspecified atom stereocenters. The van der Waals surface area contributed by atoms with Gasteiger partial charge in [-0.15, -0.1) is 0 Å². The Labute approximate surface area is 175 Å². The first kappa shape index (κ1) is 42.0. The molecule has 28 heteroatoms. The van der Waals surface area contributed by atoms with Gasteiger partial charge in [-0.25, -0.2) is 33.7 Å². The summed E-state index contributed by atoms with van der Waals surface area (Å²) in [5.74, 6) is 0. The largest absolute Gasteiger partial charge is 4.00 e. The van der Waals surface area contributed by atoms with E-state index in [4.69, 9.17) is 51.9 Å². The van der Waals surface area contributed by atoms with Gasteiger partial charge in [0.15, 0.2) is 40.5 Å². The van der Waals surface area contributed by atoms with Crippen molar-refractivity contribution in [1.82, 2.24) is 0 Å². The van der Waals surface area contributed by atoms with Gasteiger partial charge < -0.3 is 18.2 Å². The van der Waals surface area contributed by atoms with Crippen LogP contribution in [0.1, 0.15) is 0 Å². The molecule has 0 radical (unpaired) electrons. The van der Waals surface area contributed by atoms with Crippen LogP contribution in [0.3, 0.4) is 0 Å². The molecule has 0 aliphatic rings. The van der Waals surface area contributed by atoms with E-state index in [0.29, 0.717) is 0 Å². The third kappa shape index (κ3) is 21.1. The Morgan fingerprint density at radius 2 is 0.364 bits per heavy atom. The maximum Gasteiger partial charge on any atom is 4.00 e. The molecule has 0 spiro atoms. The van der Waals surface area contributed by atoms with Gasteiger partial charge in [-0.2, -0.15) is 52.7 Å². The summed E-state index contributed by atoms with van der Waals surface area (Å²) in [5, 5.41) is 0. The van der Waals surface area contributed by atoms with Crippen LogP contribution in [0.15, 0.2) is 0 Å². The van der Waals surface area contributed by atoms with Crippen molar-refractivity contribution >= 4 is 40.5 Å². The number of hydrogen-bond donors (Lipinski definition) is 0. The molecular weight excluding hydrogens is 608 g/mol. The molecule has 0 amide bonds. The fourth-order valence-corrected chi connectivity index (χ4v) is 0. The van der Waals surface area contributed by atoms with Gasteiger partial charge in [0.1, 0.15) is 0 Å². The molecule has 0 bridgehead atoms. The summed E-state index contributed by atoms with van der Waals surface area (Å²) in [7, 11) is -24.4. The van der Waals surface area contributed by atoms with Gasteiger partial charge in [0.05, 0.1) is 0 Å². The molecule has 0 saturated heterocycles. The summed E-state index contributed by atoms with van der Waals surface area (Å²) in [5.41, 5.74) is -22.6. The Kier molecular flexibility index (Phi) is 15.9. The van der Waals surface area contributed by atoms with Gasteiger partial charge >= 0.3 is 29.5 Å². The van der Waals surface area contributed by atoms with Crippen LogP contribution in [0.5, 0.6) is 0 Å². The van der Waals surface area contributed by atoms with Gasteiger partial charge in [-0.05, 0) is 0 Å². The van der Waals surface area contributed by atoms with Crippen molar-refractivity contribution < 1.29 is 105 Å². The normalized spacial score (nSPS) is 13.6. The molecule has 12 nitrogen and oxygen atoms in total. The predicted octanol–water partition coefficient (Wildman–Crippen LogP) is 0.287. The fraction of sp³-hybridized carbons (Fsp3) is 0.800. The first-order valence-corrected chi connectivity index (χ1v) is 10.7. The van der Waals surface area contributed by atoms with E-state index in [0.717, 1.165) is 0 Å². The van der Waals surface area contributed by atoms with Crippen LogP contribution in [0.4, 0.5) is 52.7 Å². The Morgan fingerprint density at radius 1 is 0.333 bits per heavy atom. The molecule has 200 valence electrons. The van der Waals surface area contributed by atoms with Crippen molar-refractivity contribution in [3.63, 3.8) is 0 Å². The molecule has 0 aromatic heterocycles. The van der Waals surface area contributed by atoms with Crippen molar-refractivity contribution in [1.29, 1.82) is 0 Å². The molecule has 0 aromatic carbocycles. The third-order valence-electron chi connectivity index (χ3n) is 1.13. The van der Waals surface area contributed by atoms with Crippen molar-refractivity contribution in [2.24, 2.45) is 0 Å². The summed E-state index contributed by atoms with van der Waals surface area (Å²) < 4.78 is 236. The first-order valence-electron chi connectivity index (χ1n) is 5.08. The minimum Gasteiger partial charge on any atom is -0.741 e. The average molecular weight is 608 g/mol. The molecule has 33 heavy (non-hydrogen) atoms. The minimum absolute atomic E-state index is 0. The topological polar surface area (TPSA) is 229 Å². The van der Waals surface area contributed by atoms with Crippen LogP contribution in [0.25, 0.3) is 0 Å². The van der Waals surface area contributed by atoms with E-state index < -0.39 is 62.5 Å².